The van der Waals surface area contributed by atoms with Gasteiger partial charge >= 0.3 is 0 Å². The summed E-state index contributed by atoms with van der Waals surface area (Å²) >= 11 is 0. The zero-order valence-electron chi connectivity index (χ0n) is 15.7. The first-order chi connectivity index (χ1) is 14.0. The van der Waals surface area contributed by atoms with Crippen molar-refractivity contribution in [1.82, 2.24) is 29.8 Å². The van der Waals surface area contributed by atoms with Gasteiger partial charge in [0.1, 0.15) is 0 Å². The van der Waals surface area contributed by atoms with E-state index in [-0.39, 0.29) is 18.0 Å². The molecule has 3 heterocycles. The lowest BCUT2D eigenvalue weighted by atomic mass is 10.2. The van der Waals surface area contributed by atoms with Crippen LogP contribution in [0.25, 0.3) is 10.9 Å². The molecular weight excluding hydrogens is 394 g/mol. The maximum atomic E-state index is 12.6. The minimum Gasteiger partial charge on any atom is -0.350 e. The Labute approximate surface area is 168 Å². The highest BCUT2D eigenvalue weighted by Crippen LogP contribution is 2.15. The third-order valence-corrected chi connectivity index (χ3v) is 6.67. The normalized spacial score (nSPS) is 15.5. The fourth-order valence-electron chi connectivity index (χ4n) is 3.26. The van der Waals surface area contributed by atoms with Crippen molar-refractivity contribution < 1.29 is 13.2 Å². The molecule has 4 rings (SSSR count). The number of piperazine rings is 1. The third kappa shape index (κ3) is 4.20. The molecule has 1 aliphatic heterocycles. The number of para-hydroxylation sites is 1. The van der Waals surface area contributed by atoms with Crippen molar-refractivity contribution in [1.29, 1.82) is 0 Å². The number of carbonyl (C=O) groups is 1. The van der Waals surface area contributed by atoms with Crippen LogP contribution in [-0.4, -0.2) is 77.3 Å². The second kappa shape index (κ2) is 8.13. The lowest BCUT2D eigenvalue weighted by molar-refractivity contribution is 0.0952. The van der Waals surface area contributed by atoms with Crippen molar-refractivity contribution in [2.75, 3.05) is 43.4 Å². The molecule has 1 aromatic carbocycles. The molecule has 0 saturated carbocycles. The molecule has 1 amide bonds. The number of sulfonamides is 1. The first-order valence-electron chi connectivity index (χ1n) is 9.26. The topological polar surface area (TPSA) is 124 Å². The standard InChI is InChI=1S/C18H21N7O3S/c26-17(16-14-4-1-2-5-15(14)22-23-16)19-8-13-29(27,28)25-11-9-24(10-12-25)18-20-6-3-7-21-18/h1-7H,8-13H2,(H,19,26)(H,22,23). The van der Waals surface area contributed by atoms with E-state index in [1.807, 2.05) is 23.1 Å². The molecule has 1 aliphatic rings. The lowest BCUT2D eigenvalue weighted by Crippen LogP contribution is -2.50. The Hall–Kier alpha value is -3.05. The molecule has 29 heavy (non-hydrogen) atoms. The SMILES string of the molecule is O=C(NCCS(=O)(=O)N1CCN(c2ncccn2)CC1)c1n[nH]c2ccccc12. The molecule has 1 saturated heterocycles. The summed E-state index contributed by atoms with van der Waals surface area (Å²) in [5, 5.41) is 10.2. The molecule has 0 bridgehead atoms. The summed E-state index contributed by atoms with van der Waals surface area (Å²) in [7, 11) is -3.47. The van der Waals surface area contributed by atoms with Crippen LogP contribution in [0.3, 0.4) is 0 Å². The number of H-pyrrole nitrogens is 1. The van der Waals surface area contributed by atoms with E-state index in [0.717, 1.165) is 5.52 Å². The number of hydrogen-bond donors (Lipinski definition) is 2. The summed E-state index contributed by atoms with van der Waals surface area (Å²) in [6.07, 6.45) is 3.33. The van der Waals surface area contributed by atoms with E-state index in [2.05, 4.69) is 25.5 Å². The van der Waals surface area contributed by atoms with Crippen LogP contribution in [0.2, 0.25) is 0 Å². The lowest BCUT2D eigenvalue weighted by Gasteiger charge is -2.33. The molecule has 2 aromatic heterocycles. The first-order valence-corrected chi connectivity index (χ1v) is 10.9. The number of hydrogen-bond acceptors (Lipinski definition) is 7. The highest BCUT2D eigenvalue weighted by molar-refractivity contribution is 7.89. The van der Waals surface area contributed by atoms with Crippen LogP contribution >= 0.6 is 0 Å². The number of carbonyl (C=O) groups excluding carboxylic acids is 1. The summed E-state index contributed by atoms with van der Waals surface area (Å²) in [6, 6.07) is 9.02. The highest BCUT2D eigenvalue weighted by atomic mass is 32.2. The quantitative estimate of drug-likeness (QED) is 0.591. The number of nitrogens with one attached hydrogen (secondary N) is 2. The minimum atomic E-state index is -3.47. The fraction of sp³-hybridized carbons (Fsp3) is 0.333. The average molecular weight is 415 g/mol. The zero-order valence-corrected chi connectivity index (χ0v) is 16.5. The number of aromatic nitrogens is 4. The number of amides is 1. The van der Waals surface area contributed by atoms with Gasteiger partial charge in [-0.3, -0.25) is 9.89 Å². The van der Waals surface area contributed by atoms with E-state index in [0.29, 0.717) is 37.5 Å². The molecule has 0 unspecified atom stereocenters. The van der Waals surface area contributed by atoms with Crippen LogP contribution in [0.1, 0.15) is 10.5 Å². The Morgan fingerprint density at radius 2 is 1.79 bits per heavy atom. The number of rotatable bonds is 6. The maximum Gasteiger partial charge on any atom is 0.272 e. The Kier molecular flexibility index (Phi) is 5.41. The Morgan fingerprint density at radius 1 is 1.07 bits per heavy atom. The Morgan fingerprint density at radius 3 is 2.55 bits per heavy atom. The van der Waals surface area contributed by atoms with Crippen LogP contribution in [-0.2, 0) is 10.0 Å². The average Bonchev–Trinajstić information content (AvgIpc) is 3.19. The van der Waals surface area contributed by atoms with Crippen LogP contribution in [0, 0.1) is 0 Å². The second-order valence-corrected chi connectivity index (χ2v) is 8.71. The van der Waals surface area contributed by atoms with Gasteiger partial charge in [0.25, 0.3) is 5.91 Å². The molecule has 3 aromatic rings. The third-order valence-electron chi connectivity index (χ3n) is 4.80. The van der Waals surface area contributed by atoms with Gasteiger partial charge in [-0.2, -0.15) is 9.40 Å². The van der Waals surface area contributed by atoms with Gasteiger partial charge in [-0.25, -0.2) is 18.4 Å². The van der Waals surface area contributed by atoms with Crippen LogP contribution in [0.4, 0.5) is 5.95 Å². The number of anilines is 1. The van der Waals surface area contributed by atoms with Gasteiger partial charge in [0.05, 0.1) is 11.3 Å². The Bertz CT molecular complexity index is 1090. The summed E-state index contributed by atoms with van der Waals surface area (Å²) in [6.45, 7) is 1.78. The molecule has 2 N–H and O–H groups in total. The van der Waals surface area contributed by atoms with E-state index < -0.39 is 15.9 Å². The van der Waals surface area contributed by atoms with Crippen molar-refractivity contribution in [2.24, 2.45) is 0 Å². The number of aromatic amines is 1. The van der Waals surface area contributed by atoms with Crippen molar-refractivity contribution in [2.45, 2.75) is 0 Å². The van der Waals surface area contributed by atoms with E-state index in [9.17, 15) is 13.2 Å². The van der Waals surface area contributed by atoms with E-state index in [1.54, 1.807) is 24.5 Å². The summed E-state index contributed by atoms with van der Waals surface area (Å²) in [4.78, 5) is 22.7. The van der Waals surface area contributed by atoms with Crippen molar-refractivity contribution in [3.8, 4) is 0 Å². The predicted molar refractivity (Wildman–Crippen MR) is 108 cm³/mol. The first kappa shape index (κ1) is 19.3. The molecule has 152 valence electrons. The van der Waals surface area contributed by atoms with Crippen molar-refractivity contribution in [3.05, 3.63) is 48.4 Å². The highest BCUT2D eigenvalue weighted by Gasteiger charge is 2.27. The minimum absolute atomic E-state index is 0.0182. The van der Waals surface area contributed by atoms with Crippen LogP contribution in [0.5, 0.6) is 0 Å². The Balaban J connectivity index is 1.30. The molecule has 0 radical (unpaired) electrons. The van der Waals surface area contributed by atoms with Gasteiger partial charge in [0.2, 0.25) is 16.0 Å². The fourth-order valence-corrected chi connectivity index (χ4v) is 4.60. The summed E-state index contributed by atoms with van der Waals surface area (Å²) < 4.78 is 26.7. The summed E-state index contributed by atoms with van der Waals surface area (Å²) in [5.41, 5.74) is 1.01. The second-order valence-electron chi connectivity index (χ2n) is 6.62. The molecule has 0 aliphatic carbocycles. The molecule has 10 nitrogen and oxygen atoms in total. The predicted octanol–water partition coefficient (Wildman–Crippen LogP) is 0.235. The van der Waals surface area contributed by atoms with Gasteiger partial charge in [-0.1, -0.05) is 18.2 Å². The van der Waals surface area contributed by atoms with E-state index >= 15 is 0 Å². The summed E-state index contributed by atoms with van der Waals surface area (Å²) in [5.74, 6) is 0.0369. The van der Waals surface area contributed by atoms with Gasteiger partial charge < -0.3 is 10.2 Å². The zero-order chi connectivity index (χ0) is 20.3. The molecule has 1 fully saturated rings. The smallest absolute Gasteiger partial charge is 0.272 e. The van der Waals surface area contributed by atoms with Gasteiger partial charge in [0.15, 0.2) is 5.69 Å². The van der Waals surface area contributed by atoms with Crippen molar-refractivity contribution in [3.63, 3.8) is 0 Å². The van der Waals surface area contributed by atoms with Crippen molar-refractivity contribution >= 4 is 32.8 Å². The maximum absolute atomic E-state index is 12.6. The van der Waals surface area contributed by atoms with Gasteiger partial charge in [0, 0.05) is 50.5 Å². The van der Waals surface area contributed by atoms with E-state index in [1.165, 1.54) is 4.31 Å². The number of fused-ring (bicyclic) bond motifs is 1. The number of benzene rings is 1. The van der Waals surface area contributed by atoms with Gasteiger partial charge in [-0.05, 0) is 12.1 Å². The molecule has 0 atom stereocenters. The van der Waals surface area contributed by atoms with Crippen LogP contribution in [0.15, 0.2) is 42.7 Å². The number of nitrogens with zero attached hydrogens (tertiary/aromatic N) is 5. The molecule has 0 spiro atoms. The van der Waals surface area contributed by atoms with Crippen LogP contribution < -0.4 is 10.2 Å². The van der Waals surface area contributed by atoms with E-state index in [4.69, 9.17) is 0 Å². The monoisotopic (exact) mass is 415 g/mol. The molecular formula is C18H21N7O3S. The largest absolute Gasteiger partial charge is 0.350 e. The van der Waals surface area contributed by atoms with Gasteiger partial charge in [-0.15, -0.1) is 0 Å². The molecule has 11 heteroatoms.